The summed E-state index contributed by atoms with van der Waals surface area (Å²) in [7, 11) is 0. The van der Waals surface area contributed by atoms with E-state index in [1.807, 2.05) is 48.5 Å². The molecular formula is C20H18N6. The van der Waals surface area contributed by atoms with Crippen molar-refractivity contribution in [2.75, 3.05) is 17.2 Å². The maximum atomic E-state index is 4.48. The lowest BCUT2D eigenvalue weighted by Gasteiger charge is -2.09. The van der Waals surface area contributed by atoms with Gasteiger partial charge in [0.25, 0.3) is 0 Å². The van der Waals surface area contributed by atoms with Gasteiger partial charge in [0.1, 0.15) is 0 Å². The van der Waals surface area contributed by atoms with Crippen molar-refractivity contribution < 1.29 is 0 Å². The van der Waals surface area contributed by atoms with Gasteiger partial charge in [-0.2, -0.15) is 10.1 Å². The summed E-state index contributed by atoms with van der Waals surface area (Å²) < 4.78 is 0. The van der Waals surface area contributed by atoms with Gasteiger partial charge in [-0.1, -0.05) is 48.5 Å². The average Bonchev–Trinajstić information content (AvgIpc) is 2.70. The highest BCUT2D eigenvalue weighted by molar-refractivity contribution is 5.91. The standard InChI is InChI=1S/C20H18N6/c1-2-6-15(7-3-1)11-13-21-18-14-23-26-20(25-18)24-17-10-4-8-16-9-5-12-22-19(16)17/h1-10,12,14H,11,13H2,(H2,21,24,25,26). The Labute approximate surface area is 151 Å². The molecule has 0 aliphatic heterocycles. The van der Waals surface area contributed by atoms with Gasteiger partial charge < -0.3 is 10.6 Å². The quantitative estimate of drug-likeness (QED) is 0.555. The van der Waals surface area contributed by atoms with Gasteiger partial charge in [-0.3, -0.25) is 4.98 Å². The molecule has 4 aromatic rings. The maximum absolute atomic E-state index is 4.48. The van der Waals surface area contributed by atoms with Crippen molar-refractivity contribution in [1.29, 1.82) is 0 Å². The molecule has 6 heteroatoms. The molecule has 26 heavy (non-hydrogen) atoms. The monoisotopic (exact) mass is 342 g/mol. The summed E-state index contributed by atoms with van der Waals surface area (Å²) >= 11 is 0. The number of hydrogen-bond acceptors (Lipinski definition) is 6. The first kappa shape index (κ1) is 16.0. The second-order valence-corrected chi connectivity index (χ2v) is 5.83. The van der Waals surface area contributed by atoms with Crippen LogP contribution in [0, 0.1) is 0 Å². The minimum atomic E-state index is 0.438. The van der Waals surface area contributed by atoms with Crippen LogP contribution in [0.5, 0.6) is 0 Å². The van der Waals surface area contributed by atoms with Gasteiger partial charge in [0, 0.05) is 18.1 Å². The van der Waals surface area contributed by atoms with Crippen molar-refractivity contribution >= 4 is 28.4 Å². The van der Waals surface area contributed by atoms with E-state index in [1.165, 1.54) is 5.56 Å². The van der Waals surface area contributed by atoms with Crippen molar-refractivity contribution in [1.82, 2.24) is 20.2 Å². The van der Waals surface area contributed by atoms with E-state index >= 15 is 0 Å². The van der Waals surface area contributed by atoms with E-state index in [-0.39, 0.29) is 0 Å². The number of nitrogens with one attached hydrogen (secondary N) is 2. The predicted octanol–water partition coefficient (Wildman–Crippen LogP) is 3.82. The second-order valence-electron chi connectivity index (χ2n) is 5.83. The van der Waals surface area contributed by atoms with Gasteiger partial charge in [0.2, 0.25) is 5.95 Å². The lowest BCUT2D eigenvalue weighted by Crippen LogP contribution is -2.08. The van der Waals surface area contributed by atoms with Crippen molar-refractivity contribution in [3.8, 4) is 0 Å². The zero-order chi connectivity index (χ0) is 17.6. The van der Waals surface area contributed by atoms with Crippen LogP contribution in [-0.4, -0.2) is 26.7 Å². The molecule has 0 saturated heterocycles. The molecule has 0 bridgehead atoms. The summed E-state index contributed by atoms with van der Waals surface area (Å²) in [6.07, 6.45) is 4.31. The van der Waals surface area contributed by atoms with Crippen LogP contribution >= 0.6 is 0 Å². The molecule has 0 radical (unpaired) electrons. The predicted molar refractivity (Wildman–Crippen MR) is 103 cm³/mol. The molecule has 0 spiro atoms. The molecule has 0 atom stereocenters. The second kappa shape index (κ2) is 7.57. The Bertz CT molecular complexity index is 998. The molecule has 6 nitrogen and oxygen atoms in total. The molecule has 4 rings (SSSR count). The van der Waals surface area contributed by atoms with E-state index in [9.17, 15) is 0 Å². The first-order valence-electron chi connectivity index (χ1n) is 8.47. The van der Waals surface area contributed by atoms with Crippen molar-refractivity contribution in [2.24, 2.45) is 0 Å². The number of nitrogens with zero attached hydrogens (tertiary/aromatic N) is 4. The molecule has 0 amide bonds. The minimum Gasteiger partial charge on any atom is -0.368 e. The molecule has 2 heterocycles. The number of hydrogen-bond donors (Lipinski definition) is 2. The number of rotatable bonds is 6. The highest BCUT2D eigenvalue weighted by Gasteiger charge is 2.05. The van der Waals surface area contributed by atoms with Crippen molar-refractivity contribution in [2.45, 2.75) is 6.42 Å². The summed E-state index contributed by atoms with van der Waals surface area (Å²) in [5.74, 6) is 1.12. The van der Waals surface area contributed by atoms with E-state index in [0.717, 1.165) is 29.6 Å². The van der Waals surface area contributed by atoms with Crippen LogP contribution < -0.4 is 10.6 Å². The fourth-order valence-corrected chi connectivity index (χ4v) is 2.75. The van der Waals surface area contributed by atoms with Gasteiger partial charge in [-0.15, -0.1) is 5.10 Å². The van der Waals surface area contributed by atoms with E-state index < -0.39 is 0 Å². The molecule has 0 fully saturated rings. The van der Waals surface area contributed by atoms with Gasteiger partial charge >= 0.3 is 0 Å². The lowest BCUT2D eigenvalue weighted by atomic mass is 10.1. The summed E-state index contributed by atoms with van der Waals surface area (Å²) in [5.41, 5.74) is 3.01. The third kappa shape index (κ3) is 3.75. The van der Waals surface area contributed by atoms with Crippen LogP contribution in [0.15, 0.2) is 73.1 Å². The number of pyridine rings is 1. The van der Waals surface area contributed by atoms with Crippen LogP contribution in [0.3, 0.4) is 0 Å². The fourth-order valence-electron chi connectivity index (χ4n) is 2.75. The zero-order valence-electron chi connectivity index (χ0n) is 14.1. The molecule has 2 aromatic carbocycles. The Hall–Kier alpha value is -3.54. The normalized spacial score (nSPS) is 10.6. The van der Waals surface area contributed by atoms with Crippen LogP contribution in [-0.2, 0) is 6.42 Å². The smallest absolute Gasteiger partial charge is 0.249 e. The number of benzene rings is 2. The summed E-state index contributed by atoms with van der Waals surface area (Å²) in [6, 6.07) is 20.2. The van der Waals surface area contributed by atoms with Crippen LogP contribution in [0.4, 0.5) is 17.5 Å². The number of fused-ring (bicyclic) bond motifs is 1. The fraction of sp³-hybridized carbons (Fsp3) is 0.100. The molecule has 0 aliphatic rings. The van der Waals surface area contributed by atoms with E-state index in [4.69, 9.17) is 0 Å². The molecular weight excluding hydrogens is 324 g/mol. The first-order valence-corrected chi connectivity index (χ1v) is 8.47. The van der Waals surface area contributed by atoms with Gasteiger partial charge in [-0.25, -0.2) is 0 Å². The largest absolute Gasteiger partial charge is 0.368 e. The summed E-state index contributed by atoms with van der Waals surface area (Å²) in [4.78, 5) is 8.91. The number of aromatic nitrogens is 4. The minimum absolute atomic E-state index is 0.438. The number of para-hydroxylation sites is 1. The van der Waals surface area contributed by atoms with E-state index in [0.29, 0.717) is 11.8 Å². The van der Waals surface area contributed by atoms with Crippen LogP contribution in [0.2, 0.25) is 0 Å². The third-order valence-electron chi connectivity index (χ3n) is 4.00. The Balaban J connectivity index is 1.45. The first-order chi connectivity index (χ1) is 12.9. The van der Waals surface area contributed by atoms with Crippen molar-refractivity contribution in [3.05, 3.63) is 78.6 Å². The highest BCUT2D eigenvalue weighted by Crippen LogP contribution is 2.23. The summed E-state index contributed by atoms with van der Waals surface area (Å²) in [5, 5.41) is 15.6. The lowest BCUT2D eigenvalue weighted by molar-refractivity contribution is 0.950. The topological polar surface area (TPSA) is 75.6 Å². The molecule has 0 unspecified atom stereocenters. The van der Waals surface area contributed by atoms with E-state index in [1.54, 1.807) is 12.4 Å². The average molecular weight is 342 g/mol. The molecule has 2 N–H and O–H groups in total. The summed E-state index contributed by atoms with van der Waals surface area (Å²) in [6.45, 7) is 0.776. The third-order valence-corrected chi connectivity index (χ3v) is 4.00. The zero-order valence-corrected chi connectivity index (χ0v) is 14.1. The van der Waals surface area contributed by atoms with Crippen molar-refractivity contribution in [3.63, 3.8) is 0 Å². The van der Waals surface area contributed by atoms with Crippen LogP contribution in [0.1, 0.15) is 5.56 Å². The maximum Gasteiger partial charge on any atom is 0.249 e. The molecule has 0 saturated carbocycles. The van der Waals surface area contributed by atoms with E-state index in [2.05, 4.69) is 42.9 Å². The molecule has 128 valence electrons. The number of anilines is 3. The van der Waals surface area contributed by atoms with Gasteiger partial charge in [0.15, 0.2) is 5.82 Å². The SMILES string of the molecule is c1ccc(CCNc2cnnc(Nc3cccc4cccnc34)n2)cc1. The Kier molecular flexibility index (Phi) is 4.64. The van der Waals surface area contributed by atoms with Crippen LogP contribution in [0.25, 0.3) is 10.9 Å². The Morgan fingerprint density at radius 3 is 2.69 bits per heavy atom. The van der Waals surface area contributed by atoms with Gasteiger partial charge in [0.05, 0.1) is 17.4 Å². The highest BCUT2D eigenvalue weighted by atomic mass is 15.3. The Morgan fingerprint density at radius 2 is 1.77 bits per heavy atom. The Morgan fingerprint density at radius 1 is 0.885 bits per heavy atom. The molecule has 0 aliphatic carbocycles. The van der Waals surface area contributed by atoms with Gasteiger partial charge in [-0.05, 0) is 24.1 Å². The molecule has 2 aromatic heterocycles.